The third-order valence-electron chi connectivity index (χ3n) is 2.78. The van der Waals surface area contributed by atoms with Crippen molar-refractivity contribution in [2.45, 2.75) is 26.3 Å². The highest BCUT2D eigenvalue weighted by atomic mass is 32.1. The topological polar surface area (TPSA) is 34.2 Å². The second-order valence-corrected chi connectivity index (χ2v) is 5.49. The maximum Gasteiger partial charge on any atom is 0.573 e. The first-order chi connectivity index (χ1) is 9.89. The van der Waals surface area contributed by atoms with Crippen LogP contribution in [0.2, 0.25) is 0 Å². The molecule has 0 bridgehead atoms. The van der Waals surface area contributed by atoms with Crippen molar-refractivity contribution in [2.75, 3.05) is 6.54 Å². The molecule has 0 aliphatic carbocycles. The van der Waals surface area contributed by atoms with E-state index >= 15 is 0 Å². The van der Waals surface area contributed by atoms with Crippen molar-refractivity contribution >= 4 is 11.3 Å². The summed E-state index contributed by atoms with van der Waals surface area (Å²) < 4.78 is 40.6. The fourth-order valence-corrected chi connectivity index (χ4v) is 2.79. The van der Waals surface area contributed by atoms with Crippen molar-refractivity contribution in [3.05, 3.63) is 35.3 Å². The largest absolute Gasteiger partial charge is 0.573 e. The Hall–Kier alpha value is -1.60. The van der Waals surface area contributed by atoms with Crippen molar-refractivity contribution < 1.29 is 17.9 Å². The van der Waals surface area contributed by atoms with Crippen LogP contribution in [-0.4, -0.2) is 17.9 Å². The molecule has 0 aliphatic rings. The lowest BCUT2D eigenvalue weighted by molar-refractivity contribution is -0.274. The zero-order chi connectivity index (χ0) is 15.5. The number of hydrogen-bond donors (Lipinski definition) is 1. The predicted molar refractivity (Wildman–Crippen MR) is 76.3 cm³/mol. The molecule has 1 unspecified atom stereocenters. The van der Waals surface area contributed by atoms with Gasteiger partial charge in [0.25, 0.3) is 0 Å². The van der Waals surface area contributed by atoms with Crippen LogP contribution < -0.4 is 10.1 Å². The van der Waals surface area contributed by atoms with Crippen LogP contribution in [0, 0.1) is 0 Å². The molecule has 1 aromatic carbocycles. The van der Waals surface area contributed by atoms with Crippen LogP contribution >= 0.6 is 11.3 Å². The van der Waals surface area contributed by atoms with E-state index in [4.69, 9.17) is 0 Å². The third kappa shape index (κ3) is 4.44. The number of benzene rings is 1. The summed E-state index contributed by atoms with van der Waals surface area (Å²) in [7, 11) is 0. The molecule has 1 N–H and O–H groups in total. The van der Waals surface area contributed by atoms with Gasteiger partial charge in [-0.05, 0) is 25.6 Å². The van der Waals surface area contributed by atoms with Crippen LogP contribution in [-0.2, 0) is 0 Å². The smallest absolute Gasteiger partial charge is 0.406 e. The van der Waals surface area contributed by atoms with Gasteiger partial charge in [0.2, 0.25) is 0 Å². The maximum atomic E-state index is 12.2. The van der Waals surface area contributed by atoms with Gasteiger partial charge in [0.15, 0.2) is 0 Å². The molecule has 2 rings (SSSR count). The summed E-state index contributed by atoms with van der Waals surface area (Å²) in [6, 6.07) is 6.01. The molecular formula is C14H15F3N2OS. The first-order valence-corrected chi connectivity index (χ1v) is 7.26. The second-order valence-electron chi connectivity index (χ2n) is 4.42. The highest BCUT2D eigenvalue weighted by Crippen LogP contribution is 2.32. The van der Waals surface area contributed by atoms with Crippen LogP contribution in [0.25, 0.3) is 10.6 Å². The minimum Gasteiger partial charge on any atom is -0.406 e. The lowest BCUT2D eigenvalue weighted by Crippen LogP contribution is -2.17. The highest BCUT2D eigenvalue weighted by molar-refractivity contribution is 7.15. The van der Waals surface area contributed by atoms with Gasteiger partial charge in [-0.3, -0.25) is 0 Å². The van der Waals surface area contributed by atoms with Crippen LogP contribution in [0.1, 0.15) is 24.8 Å². The monoisotopic (exact) mass is 316 g/mol. The van der Waals surface area contributed by atoms with Crippen molar-refractivity contribution in [1.82, 2.24) is 10.3 Å². The van der Waals surface area contributed by atoms with Gasteiger partial charge in [0, 0.05) is 22.7 Å². The van der Waals surface area contributed by atoms with E-state index in [0.717, 1.165) is 11.4 Å². The number of nitrogens with zero attached hydrogens (tertiary/aromatic N) is 1. The first kappa shape index (κ1) is 15.8. The summed E-state index contributed by atoms with van der Waals surface area (Å²) in [5.41, 5.74) is 0.608. The maximum absolute atomic E-state index is 12.2. The average Bonchev–Trinajstić information content (AvgIpc) is 2.87. The Balaban J connectivity index is 2.20. The molecule has 0 radical (unpaired) electrons. The first-order valence-electron chi connectivity index (χ1n) is 6.44. The number of thiazole rings is 1. The summed E-state index contributed by atoms with van der Waals surface area (Å²) in [4.78, 5) is 5.31. The van der Waals surface area contributed by atoms with Crippen LogP contribution in [0.15, 0.2) is 30.5 Å². The third-order valence-corrected chi connectivity index (χ3v) is 4.00. The van der Waals surface area contributed by atoms with Gasteiger partial charge in [0.05, 0.1) is 0 Å². The van der Waals surface area contributed by atoms with Crippen molar-refractivity contribution in [2.24, 2.45) is 0 Å². The molecule has 0 spiro atoms. The molecule has 0 aliphatic heterocycles. The van der Waals surface area contributed by atoms with Crippen LogP contribution in [0.5, 0.6) is 5.75 Å². The van der Waals surface area contributed by atoms with Crippen molar-refractivity contribution in [3.63, 3.8) is 0 Å². The zero-order valence-electron chi connectivity index (χ0n) is 11.6. The normalized spacial score (nSPS) is 13.2. The summed E-state index contributed by atoms with van der Waals surface area (Å²) in [6.45, 7) is 4.86. The Morgan fingerprint density at radius 2 is 2.14 bits per heavy atom. The number of rotatable bonds is 5. The quantitative estimate of drug-likeness (QED) is 0.889. The lowest BCUT2D eigenvalue weighted by atomic mass is 10.2. The van der Waals surface area contributed by atoms with E-state index in [-0.39, 0.29) is 11.8 Å². The second kappa shape index (κ2) is 6.44. The molecular weight excluding hydrogens is 301 g/mol. The van der Waals surface area contributed by atoms with Gasteiger partial charge in [-0.25, -0.2) is 4.98 Å². The summed E-state index contributed by atoms with van der Waals surface area (Å²) in [6.07, 6.45) is -2.95. The molecule has 0 saturated carbocycles. The van der Waals surface area contributed by atoms with Gasteiger partial charge < -0.3 is 10.1 Å². The van der Waals surface area contributed by atoms with E-state index in [1.165, 1.54) is 29.5 Å². The Morgan fingerprint density at radius 3 is 2.81 bits per heavy atom. The molecule has 0 fully saturated rings. The molecule has 1 aromatic heterocycles. The molecule has 0 saturated heterocycles. The zero-order valence-corrected chi connectivity index (χ0v) is 12.4. The molecule has 1 heterocycles. The predicted octanol–water partition coefficient (Wildman–Crippen LogP) is 4.38. The van der Waals surface area contributed by atoms with Gasteiger partial charge >= 0.3 is 6.36 Å². The Labute approximate surface area is 124 Å². The van der Waals surface area contributed by atoms with Crippen LogP contribution in [0.3, 0.4) is 0 Å². The van der Waals surface area contributed by atoms with Gasteiger partial charge in [-0.15, -0.1) is 24.5 Å². The lowest BCUT2D eigenvalue weighted by Gasteiger charge is -2.09. The fourth-order valence-electron chi connectivity index (χ4n) is 1.85. The van der Waals surface area contributed by atoms with E-state index in [9.17, 15) is 13.2 Å². The number of ether oxygens (including phenoxy) is 1. The minimum atomic E-state index is -4.69. The average molecular weight is 316 g/mol. The standard InChI is InChI=1S/C14H15F3N2OS/c1-3-18-9(2)12-8-19-13(21-12)10-5-4-6-11(7-10)20-14(15,16)17/h4-9,18H,3H2,1-2H3. The van der Waals surface area contributed by atoms with Gasteiger partial charge in [-0.2, -0.15) is 0 Å². The van der Waals surface area contributed by atoms with E-state index in [0.29, 0.717) is 10.6 Å². The van der Waals surface area contributed by atoms with E-state index in [2.05, 4.69) is 15.0 Å². The SMILES string of the molecule is CCNC(C)c1cnc(-c2cccc(OC(F)(F)F)c2)s1. The van der Waals surface area contributed by atoms with Gasteiger partial charge in [0.1, 0.15) is 10.8 Å². The molecule has 2 aromatic rings. The number of alkyl halides is 3. The molecule has 7 heteroatoms. The summed E-state index contributed by atoms with van der Waals surface area (Å²) in [5.74, 6) is -0.239. The Bertz CT molecular complexity index is 598. The summed E-state index contributed by atoms with van der Waals surface area (Å²) >= 11 is 1.45. The van der Waals surface area contributed by atoms with Crippen LogP contribution in [0.4, 0.5) is 13.2 Å². The number of hydrogen-bond acceptors (Lipinski definition) is 4. The summed E-state index contributed by atoms with van der Waals surface area (Å²) in [5, 5.41) is 3.93. The highest BCUT2D eigenvalue weighted by Gasteiger charge is 2.31. The molecule has 3 nitrogen and oxygen atoms in total. The molecule has 114 valence electrons. The Morgan fingerprint density at radius 1 is 1.38 bits per heavy atom. The molecule has 0 amide bonds. The fraction of sp³-hybridized carbons (Fsp3) is 0.357. The minimum absolute atomic E-state index is 0.163. The number of aromatic nitrogens is 1. The number of halogens is 3. The van der Waals surface area contributed by atoms with E-state index in [1.54, 1.807) is 12.3 Å². The van der Waals surface area contributed by atoms with Crippen molar-refractivity contribution in [3.8, 4) is 16.3 Å². The van der Waals surface area contributed by atoms with E-state index < -0.39 is 6.36 Å². The number of nitrogens with one attached hydrogen (secondary N) is 1. The molecule has 21 heavy (non-hydrogen) atoms. The van der Waals surface area contributed by atoms with E-state index in [1.807, 2.05) is 13.8 Å². The Kier molecular flexibility index (Phi) is 4.84. The van der Waals surface area contributed by atoms with Crippen molar-refractivity contribution in [1.29, 1.82) is 0 Å². The molecule has 1 atom stereocenters. The van der Waals surface area contributed by atoms with Gasteiger partial charge in [-0.1, -0.05) is 19.1 Å².